The number of phosphoric ester groups is 1. The van der Waals surface area contributed by atoms with Crippen LogP contribution in [0.25, 0.3) is 0 Å². The Labute approximate surface area is 58.2 Å². The van der Waals surface area contributed by atoms with Crippen molar-refractivity contribution in [3.63, 3.8) is 0 Å². The molecule has 0 aromatic heterocycles. The Morgan fingerprint density at radius 3 is 2.70 bits per heavy atom. The molecule has 0 spiro atoms. The Morgan fingerprint density at radius 1 is 1.70 bits per heavy atom. The van der Waals surface area contributed by atoms with Crippen LogP contribution in [0.1, 0.15) is 6.42 Å². The molecule has 1 fully saturated rings. The van der Waals surface area contributed by atoms with Gasteiger partial charge in [-0.05, 0) is 6.42 Å². The maximum Gasteiger partial charge on any atom is 0.469 e. The van der Waals surface area contributed by atoms with E-state index in [0.29, 0.717) is 13.0 Å². The molecule has 2 N–H and O–H groups in total. The third-order valence-electron chi connectivity index (χ3n) is 1.10. The van der Waals surface area contributed by atoms with E-state index in [1.807, 2.05) is 0 Å². The van der Waals surface area contributed by atoms with Crippen LogP contribution in [0.4, 0.5) is 0 Å². The highest BCUT2D eigenvalue weighted by Gasteiger charge is 2.23. The van der Waals surface area contributed by atoms with Gasteiger partial charge < -0.3 is 14.5 Å². The van der Waals surface area contributed by atoms with Crippen molar-refractivity contribution in [2.45, 2.75) is 12.5 Å². The molecule has 0 aromatic carbocycles. The lowest BCUT2D eigenvalue weighted by Gasteiger charge is -2.01. The van der Waals surface area contributed by atoms with Gasteiger partial charge in [0.2, 0.25) is 0 Å². The average molecular weight is 168 g/mol. The molecule has 0 amide bonds. The van der Waals surface area contributed by atoms with Crippen LogP contribution in [-0.4, -0.2) is 29.1 Å². The van der Waals surface area contributed by atoms with Gasteiger partial charge in [0, 0.05) is 0 Å². The Kier molecular flexibility index (Phi) is 2.44. The van der Waals surface area contributed by atoms with Gasteiger partial charge >= 0.3 is 7.82 Å². The third kappa shape index (κ3) is 3.98. The zero-order valence-electron chi connectivity index (χ0n) is 5.27. The fourth-order valence-electron chi connectivity index (χ4n) is 0.538. The molecule has 0 aliphatic carbocycles. The van der Waals surface area contributed by atoms with Crippen LogP contribution in [0.15, 0.2) is 0 Å². The van der Waals surface area contributed by atoms with E-state index in [-0.39, 0.29) is 12.7 Å². The summed E-state index contributed by atoms with van der Waals surface area (Å²) in [7, 11) is -4.25. The summed E-state index contributed by atoms with van der Waals surface area (Å²) >= 11 is 0. The molecule has 1 saturated heterocycles. The van der Waals surface area contributed by atoms with E-state index < -0.39 is 7.82 Å². The van der Waals surface area contributed by atoms with Crippen molar-refractivity contribution >= 4 is 7.82 Å². The number of hydrogen-bond acceptors (Lipinski definition) is 3. The van der Waals surface area contributed by atoms with E-state index in [1.165, 1.54) is 0 Å². The van der Waals surface area contributed by atoms with Crippen molar-refractivity contribution < 1.29 is 23.6 Å². The van der Waals surface area contributed by atoms with Crippen LogP contribution >= 0.6 is 7.82 Å². The molecular formula is C4H9O5P. The van der Waals surface area contributed by atoms with Crippen molar-refractivity contribution in [3.8, 4) is 0 Å². The molecule has 1 unspecified atom stereocenters. The Morgan fingerprint density at radius 2 is 2.30 bits per heavy atom. The van der Waals surface area contributed by atoms with E-state index >= 15 is 0 Å². The fourth-order valence-corrected chi connectivity index (χ4v) is 0.881. The van der Waals surface area contributed by atoms with Crippen LogP contribution in [0, 0.1) is 0 Å². The van der Waals surface area contributed by atoms with Crippen molar-refractivity contribution in [1.29, 1.82) is 0 Å². The maximum absolute atomic E-state index is 10.1. The average Bonchev–Trinajstić information content (AvgIpc) is 2.45. The van der Waals surface area contributed by atoms with E-state index in [4.69, 9.17) is 14.5 Å². The lowest BCUT2D eigenvalue weighted by Crippen LogP contribution is -1.95. The molecule has 5 nitrogen and oxygen atoms in total. The van der Waals surface area contributed by atoms with Gasteiger partial charge in [0.25, 0.3) is 0 Å². The lowest BCUT2D eigenvalue weighted by molar-refractivity contribution is 0.189. The summed E-state index contributed by atoms with van der Waals surface area (Å²) in [5.41, 5.74) is 0. The number of ether oxygens (including phenoxy) is 1. The monoisotopic (exact) mass is 168 g/mol. The second kappa shape index (κ2) is 2.98. The largest absolute Gasteiger partial charge is 0.469 e. The normalized spacial score (nSPS) is 24.8. The molecule has 1 aliphatic heterocycles. The number of rotatable bonds is 4. The molecule has 0 aromatic rings. The van der Waals surface area contributed by atoms with Gasteiger partial charge in [0.05, 0.1) is 19.3 Å². The van der Waals surface area contributed by atoms with Gasteiger partial charge in [-0.2, -0.15) is 0 Å². The summed E-state index contributed by atoms with van der Waals surface area (Å²) in [6.45, 7) is 0.749. The van der Waals surface area contributed by atoms with E-state index in [2.05, 4.69) is 4.52 Å². The van der Waals surface area contributed by atoms with Gasteiger partial charge in [0.15, 0.2) is 0 Å². The fraction of sp³-hybridized carbons (Fsp3) is 1.00. The second-order valence-corrected chi connectivity index (χ2v) is 3.31. The molecule has 60 valence electrons. The minimum atomic E-state index is -4.25. The van der Waals surface area contributed by atoms with Crippen LogP contribution < -0.4 is 0 Å². The Balaban J connectivity index is 1.99. The van der Waals surface area contributed by atoms with Crippen LogP contribution in [0.3, 0.4) is 0 Å². The molecule has 0 bridgehead atoms. The van der Waals surface area contributed by atoms with E-state index in [0.717, 1.165) is 0 Å². The highest BCUT2D eigenvalue weighted by Crippen LogP contribution is 2.36. The molecule has 6 heteroatoms. The number of phosphoric acid groups is 1. The Bertz CT molecular complexity index is 148. The van der Waals surface area contributed by atoms with Gasteiger partial charge in [0.1, 0.15) is 0 Å². The molecule has 0 radical (unpaired) electrons. The van der Waals surface area contributed by atoms with E-state index in [9.17, 15) is 4.57 Å². The molecule has 1 aliphatic rings. The maximum atomic E-state index is 10.1. The second-order valence-electron chi connectivity index (χ2n) is 2.07. The van der Waals surface area contributed by atoms with Crippen LogP contribution in [0.5, 0.6) is 0 Å². The lowest BCUT2D eigenvalue weighted by atomic mass is 10.4. The molecular weight excluding hydrogens is 159 g/mol. The SMILES string of the molecule is O=P(O)(O)OCCC1CO1. The van der Waals surface area contributed by atoms with E-state index in [1.54, 1.807) is 0 Å². The predicted octanol–water partition coefficient (Wildman–Crippen LogP) is -0.115. The summed E-state index contributed by atoms with van der Waals surface area (Å²) in [6, 6.07) is 0. The minimum absolute atomic E-state index is 0.0644. The zero-order chi connectivity index (χ0) is 7.61. The van der Waals surface area contributed by atoms with Crippen molar-refractivity contribution in [1.82, 2.24) is 0 Å². The smallest absolute Gasteiger partial charge is 0.373 e. The number of hydrogen-bond donors (Lipinski definition) is 2. The predicted molar refractivity (Wildman–Crippen MR) is 32.4 cm³/mol. The summed E-state index contributed by atoms with van der Waals surface area (Å²) in [5.74, 6) is 0. The first-order valence-corrected chi connectivity index (χ1v) is 4.42. The first-order chi connectivity index (χ1) is 4.58. The highest BCUT2D eigenvalue weighted by molar-refractivity contribution is 7.46. The summed E-state index contributed by atoms with van der Waals surface area (Å²) < 4.78 is 19.0. The standard InChI is InChI=1S/C4H9O5P/c5-10(6,7)9-2-1-4-3-8-4/h4H,1-3H2,(H2,5,6,7). The van der Waals surface area contributed by atoms with Gasteiger partial charge in [-0.15, -0.1) is 0 Å². The summed E-state index contributed by atoms with van der Waals surface area (Å²) in [4.78, 5) is 16.4. The zero-order valence-corrected chi connectivity index (χ0v) is 6.16. The minimum Gasteiger partial charge on any atom is -0.373 e. The first kappa shape index (κ1) is 8.17. The molecule has 0 saturated carbocycles. The topological polar surface area (TPSA) is 79.3 Å². The van der Waals surface area contributed by atoms with Crippen molar-refractivity contribution in [2.24, 2.45) is 0 Å². The molecule has 1 heterocycles. The highest BCUT2D eigenvalue weighted by atomic mass is 31.2. The molecule has 1 atom stereocenters. The summed E-state index contributed by atoms with van der Waals surface area (Å²) in [5, 5.41) is 0. The van der Waals surface area contributed by atoms with Gasteiger partial charge in [-0.3, -0.25) is 4.52 Å². The van der Waals surface area contributed by atoms with Crippen molar-refractivity contribution in [2.75, 3.05) is 13.2 Å². The number of epoxide rings is 1. The van der Waals surface area contributed by atoms with Crippen molar-refractivity contribution in [3.05, 3.63) is 0 Å². The van der Waals surface area contributed by atoms with Gasteiger partial charge in [-0.1, -0.05) is 0 Å². The first-order valence-electron chi connectivity index (χ1n) is 2.89. The molecule has 1 rings (SSSR count). The third-order valence-corrected chi connectivity index (χ3v) is 1.62. The van der Waals surface area contributed by atoms with Gasteiger partial charge in [-0.25, -0.2) is 4.57 Å². The van der Waals surface area contributed by atoms with Crippen LogP contribution in [0.2, 0.25) is 0 Å². The molecule has 10 heavy (non-hydrogen) atoms. The van der Waals surface area contributed by atoms with Crippen LogP contribution in [-0.2, 0) is 13.8 Å². The Hall–Kier alpha value is 0.0700. The quantitative estimate of drug-likeness (QED) is 0.452. The summed E-state index contributed by atoms with van der Waals surface area (Å²) in [6.07, 6.45) is 0.719.